The lowest BCUT2D eigenvalue weighted by atomic mass is 9.65. The third-order valence-electron chi connectivity index (χ3n) is 5.15. The van der Waals surface area contributed by atoms with Crippen LogP contribution in [0.1, 0.15) is 47.0 Å². The second kappa shape index (κ2) is 3.33. The van der Waals surface area contributed by atoms with Crippen LogP contribution in [0.4, 0.5) is 0 Å². The number of allylic oxidation sites excluding steroid dienone is 1. The van der Waals surface area contributed by atoms with Crippen molar-refractivity contribution in [3.05, 3.63) is 11.6 Å². The van der Waals surface area contributed by atoms with Crippen molar-refractivity contribution in [2.75, 3.05) is 7.11 Å². The third-order valence-corrected chi connectivity index (χ3v) is 5.15. The second-order valence-electron chi connectivity index (χ2n) is 6.24. The Labute approximate surface area is 98.7 Å². The molecule has 0 aromatic rings. The minimum Gasteiger partial charge on any atom is -0.382 e. The lowest BCUT2D eigenvalue weighted by molar-refractivity contribution is -0.169. The third kappa shape index (κ3) is 1.26. The van der Waals surface area contributed by atoms with Crippen LogP contribution in [0.2, 0.25) is 0 Å². The minimum atomic E-state index is -0.804. The molecule has 0 aromatic heterocycles. The van der Waals surface area contributed by atoms with E-state index in [-0.39, 0.29) is 16.9 Å². The SMILES string of the molecule is CO[C@@]12CC[C@@](C)(C1)C(C)=C[C@@]2(O)C(C)C. The molecule has 16 heavy (non-hydrogen) atoms. The smallest absolute Gasteiger partial charge is 0.114 e. The van der Waals surface area contributed by atoms with E-state index in [1.165, 1.54) is 5.57 Å². The summed E-state index contributed by atoms with van der Waals surface area (Å²) in [5.41, 5.74) is 0.392. The molecule has 0 saturated heterocycles. The zero-order valence-electron chi connectivity index (χ0n) is 11.1. The fourth-order valence-electron chi connectivity index (χ4n) is 3.63. The normalized spacial score (nSPS) is 47.3. The predicted octanol–water partition coefficient (Wildman–Crippen LogP) is 2.91. The maximum absolute atomic E-state index is 11.0. The lowest BCUT2D eigenvalue weighted by Crippen LogP contribution is -2.58. The molecule has 1 saturated carbocycles. The molecule has 2 aliphatic carbocycles. The van der Waals surface area contributed by atoms with Gasteiger partial charge in [0, 0.05) is 7.11 Å². The summed E-state index contributed by atoms with van der Waals surface area (Å²) in [4.78, 5) is 0. The van der Waals surface area contributed by atoms with E-state index in [1.807, 2.05) is 0 Å². The molecule has 0 aliphatic heterocycles. The summed E-state index contributed by atoms with van der Waals surface area (Å²) in [6.45, 7) is 8.59. The first-order valence-electron chi connectivity index (χ1n) is 6.27. The quantitative estimate of drug-likeness (QED) is 0.731. The lowest BCUT2D eigenvalue weighted by Gasteiger charge is -2.49. The van der Waals surface area contributed by atoms with Gasteiger partial charge in [-0.3, -0.25) is 0 Å². The van der Waals surface area contributed by atoms with Gasteiger partial charge in [0.05, 0.1) is 0 Å². The average Bonchev–Trinajstić information content (AvgIpc) is 2.54. The molecule has 0 radical (unpaired) electrons. The summed E-state index contributed by atoms with van der Waals surface area (Å²) in [6.07, 6.45) is 5.10. The van der Waals surface area contributed by atoms with Gasteiger partial charge in [-0.25, -0.2) is 0 Å². The zero-order valence-corrected chi connectivity index (χ0v) is 11.1. The molecule has 0 spiro atoms. The topological polar surface area (TPSA) is 29.5 Å². The van der Waals surface area contributed by atoms with Crippen molar-refractivity contribution in [3.63, 3.8) is 0 Å². The van der Waals surface area contributed by atoms with Crippen LogP contribution in [-0.2, 0) is 4.74 Å². The first-order chi connectivity index (χ1) is 7.30. The standard InChI is InChI=1S/C14H24O2/c1-10(2)14(15)8-11(3)12(4)6-7-13(14,9-12)16-5/h8,10,15H,6-7,9H2,1-5H3/t12-,13-,14+/m0/s1. The van der Waals surface area contributed by atoms with Gasteiger partial charge in [0.1, 0.15) is 11.2 Å². The summed E-state index contributed by atoms with van der Waals surface area (Å²) in [7, 11) is 1.74. The van der Waals surface area contributed by atoms with Crippen molar-refractivity contribution in [3.8, 4) is 0 Å². The second-order valence-corrected chi connectivity index (χ2v) is 6.24. The predicted molar refractivity (Wildman–Crippen MR) is 65.2 cm³/mol. The van der Waals surface area contributed by atoms with Gasteiger partial charge in [0.25, 0.3) is 0 Å². The Kier molecular flexibility index (Phi) is 2.52. The van der Waals surface area contributed by atoms with Crippen LogP contribution in [0.3, 0.4) is 0 Å². The Morgan fingerprint density at radius 3 is 2.50 bits per heavy atom. The number of aliphatic hydroxyl groups is 1. The van der Waals surface area contributed by atoms with Crippen LogP contribution in [0, 0.1) is 11.3 Å². The molecule has 0 unspecified atom stereocenters. The fourth-order valence-corrected chi connectivity index (χ4v) is 3.63. The van der Waals surface area contributed by atoms with E-state index in [0.717, 1.165) is 19.3 Å². The molecule has 92 valence electrons. The van der Waals surface area contributed by atoms with Crippen LogP contribution in [0.25, 0.3) is 0 Å². The van der Waals surface area contributed by atoms with Gasteiger partial charge in [0.2, 0.25) is 0 Å². The Balaban J connectivity index is 2.54. The fraction of sp³-hybridized carbons (Fsp3) is 0.857. The molecule has 2 rings (SSSR count). The number of fused-ring (bicyclic) bond motifs is 2. The molecule has 2 heteroatoms. The Morgan fingerprint density at radius 2 is 2.00 bits per heavy atom. The summed E-state index contributed by atoms with van der Waals surface area (Å²) in [5, 5.41) is 11.0. The molecule has 0 amide bonds. The van der Waals surface area contributed by atoms with Gasteiger partial charge in [0.15, 0.2) is 0 Å². The maximum Gasteiger partial charge on any atom is 0.114 e. The molecular formula is C14H24O2. The van der Waals surface area contributed by atoms with Crippen LogP contribution in [-0.4, -0.2) is 23.4 Å². The largest absolute Gasteiger partial charge is 0.382 e. The van der Waals surface area contributed by atoms with Gasteiger partial charge in [-0.1, -0.05) is 32.4 Å². The van der Waals surface area contributed by atoms with Crippen molar-refractivity contribution in [1.29, 1.82) is 0 Å². The van der Waals surface area contributed by atoms with Gasteiger partial charge in [-0.15, -0.1) is 0 Å². The molecule has 1 N–H and O–H groups in total. The van der Waals surface area contributed by atoms with Crippen molar-refractivity contribution in [1.82, 2.24) is 0 Å². The first-order valence-corrected chi connectivity index (χ1v) is 6.27. The van der Waals surface area contributed by atoms with E-state index in [2.05, 4.69) is 33.8 Å². The summed E-state index contributed by atoms with van der Waals surface area (Å²) in [6, 6.07) is 0. The van der Waals surface area contributed by atoms with E-state index in [4.69, 9.17) is 4.74 Å². The molecule has 1 fully saturated rings. The van der Waals surface area contributed by atoms with Gasteiger partial charge in [-0.2, -0.15) is 0 Å². The number of hydrogen-bond donors (Lipinski definition) is 1. The van der Waals surface area contributed by atoms with E-state index < -0.39 is 5.60 Å². The van der Waals surface area contributed by atoms with Crippen molar-refractivity contribution >= 4 is 0 Å². The highest BCUT2D eigenvalue weighted by Gasteiger charge is 2.61. The van der Waals surface area contributed by atoms with E-state index in [0.29, 0.717) is 0 Å². The molecule has 2 nitrogen and oxygen atoms in total. The average molecular weight is 224 g/mol. The highest BCUT2D eigenvalue weighted by Crippen LogP contribution is 2.59. The first kappa shape index (κ1) is 12.1. The molecule has 2 bridgehead atoms. The van der Waals surface area contributed by atoms with E-state index >= 15 is 0 Å². The van der Waals surface area contributed by atoms with Crippen LogP contribution < -0.4 is 0 Å². The van der Waals surface area contributed by atoms with Crippen molar-refractivity contribution in [2.45, 2.75) is 58.2 Å². The van der Waals surface area contributed by atoms with Crippen molar-refractivity contribution < 1.29 is 9.84 Å². The molecular weight excluding hydrogens is 200 g/mol. The number of ether oxygens (including phenoxy) is 1. The van der Waals surface area contributed by atoms with Crippen LogP contribution >= 0.6 is 0 Å². The maximum atomic E-state index is 11.0. The highest BCUT2D eigenvalue weighted by molar-refractivity contribution is 5.32. The van der Waals surface area contributed by atoms with Gasteiger partial charge >= 0.3 is 0 Å². The molecule has 3 atom stereocenters. The summed E-state index contributed by atoms with van der Waals surface area (Å²) < 4.78 is 5.77. The van der Waals surface area contributed by atoms with Crippen LogP contribution in [0.5, 0.6) is 0 Å². The van der Waals surface area contributed by atoms with Gasteiger partial charge in [-0.05, 0) is 37.5 Å². The summed E-state index contributed by atoms with van der Waals surface area (Å²) >= 11 is 0. The monoisotopic (exact) mass is 224 g/mol. The molecule has 0 heterocycles. The van der Waals surface area contributed by atoms with E-state index in [9.17, 15) is 5.11 Å². The minimum absolute atomic E-state index is 0.185. The Hall–Kier alpha value is -0.340. The van der Waals surface area contributed by atoms with Crippen LogP contribution in [0.15, 0.2) is 11.6 Å². The molecule has 2 aliphatic rings. The Bertz CT molecular complexity index is 334. The Morgan fingerprint density at radius 1 is 1.38 bits per heavy atom. The van der Waals surface area contributed by atoms with Crippen molar-refractivity contribution in [2.24, 2.45) is 11.3 Å². The summed E-state index contributed by atoms with van der Waals surface area (Å²) in [5.74, 6) is 0.185. The highest BCUT2D eigenvalue weighted by atomic mass is 16.5. The van der Waals surface area contributed by atoms with Gasteiger partial charge < -0.3 is 9.84 Å². The number of hydrogen-bond acceptors (Lipinski definition) is 2. The number of rotatable bonds is 2. The van der Waals surface area contributed by atoms with E-state index in [1.54, 1.807) is 7.11 Å². The molecule has 0 aromatic carbocycles. The number of methoxy groups -OCH3 is 1. The zero-order chi connectivity index (χ0) is 12.2.